The molecule has 16 heavy (non-hydrogen) atoms. The summed E-state index contributed by atoms with van der Waals surface area (Å²) in [6, 6.07) is 0. The Morgan fingerprint density at radius 2 is 2.19 bits per heavy atom. The van der Waals surface area contributed by atoms with E-state index in [-0.39, 0.29) is 19.1 Å². The van der Waals surface area contributed by atoms with Crippen molar-refractivity contribution in [1.29, 1.82) is 0 Å². The van der Waals surface area contributed by atoms with Gasteiger partial charge in [-0.2, -0.15) is 0 Å². The molecule has 1 saturated heterocycles. The van der Waals surface area contributed by atoms with Crippen LogP contribution in [0.4, 0.5) is 0 Å². The summed E-state index contributed by atoms with van der Waals surface area (Å²) in [6.45, 7) is 3.35. The summed E-state index contributed by atoms with van der Waals surface area (Å²) in [5, 5.41) is 0. The highest BCUT2D eigenvalue weighted by atomic mass is 16.6. The smallest absolute Gasteiger partial charge is 0.325 e. The number of hydrogen-bond acceptors (Lipinski definition) is 5. The molecule has 1 atom stereocenters. The number of esters is 1. The number of amides is 1. The Morgan fingerprint density at radius 3 is 2.69 bits per heavy atom. The van der Waals surface area contributed by atoms with Crippen LogP contribution >= 0.6 is 0 Å². The lowest BCUT2D eigenvalue weighted by Crippen LogP contribution is -2.47. The Hall–Kier alpha value is -1.14. The van der Waals surface area contributed by atoms with Gasteiger partial charge in [0.2, 0.25) is 0 Å². The number of carbonyl (C=O) groups excluding carboxylic acids is 2. The van der Waals surface area contributed by atoms with E-state index in [4.69, 9.17) is 9.47 Å². The minimum Gasteiger partial charge on any atom is -0.468 e. The molecule has 1 fully saturated rings. The number of hydrogen-bond donors (Lipinski definition) is 0. The molecule has 0 aromatic heterocycles. The molecule has 0 aromatic carbocycles. The van der Waals surface area contributed by atoms with Gasteiger partial charge >= 0.3 is 5.97 Å². The van der Waals surface area contributed by atoms with E-state index in [1.165, 1.54) is 12.0 Å². The number of methoxy groups -OCH3 is 1. The lowest BCUT2D eigenvalue weighted by molar-refractivity contribution is -0.161. The number of likely N-dealkylation sites (N-methyl/N-ethyl adjacent to an activating group) is 1. The first-order valence-electron chi connectivity index (χ1n) is 5.24. The van der Waals surface area contributed by atoms with Gasteiger partial charge in [0.15, 0.2) is 6.10 Å². The molecule has 0 saturated carbocycles. The highest BCUT2D eigenvalue weighted by Crippen LogP contribution is 2.05. The Balaban J connectivity index is 2.50. The summed E-state index contributed by atoms with van der Waals surface area (Å²) in [7, 11) is 1.29. The van der Waals surface area contributed by atoms with Gasteiger partial charge in [0.1, 0.15) is 6.54 Å². The van der Waals surface area contributed by atoms with Crippen LogP contribution in [0.5, 0.6) is 0 Å². The second kappa shape index (κ2) is 6.44. The standard InChI is InChI=1S/C10H17NO5/c1-3-11(6-9(12)14-2)10(13)8-7-15-4-5-16-8/h8H,3-7H2,1-2H3. The maximum atomic E-state index is 11.9. The predicted octanol–water partition coefficient (Wildman–Crippen LogP) is -0.577. The van der Waals surface area contributed by atoms with Gasteiger partial charge < -0.3 is 19.1 Å². The zero-order valence-electron chi connectivity index (χ0n) is 9.60. The molecule has 0 N–H and O–H groups in total. The molecule has 6 heteroatoms. The number of nitrogens with zero attached hydrogens (tertiary/aromatic N) is 1. The van der Waals surface area contributed by atoms with Crippen LogP contribution in [0.15, 0.2) is 0 Å². The molecule has 1 aliphatic heterocycles. The fourth-order valence-electron chi connectivity index (χ4n) is 1.40. The summed E-state index contributed by atoms with van der Waals surface area (Å²) in [4.78, 5) is 24.4. The van der Waals surface area contributed by atoms with Crippen LogP contribution in [-0.4, -0.2) is 62.9 Å². The fraction of sp³-hybridized carbons (Fsp3) is 0.800. The minimum absolute atomic E-state index is 0.0499. The molecule has 0 aliphatic carbocycles. The molecule has 0 bridgehead atoms. The molecule has 1 heterocycles. The van der Waals surface area contributed by atoms with Crippen molar-refractivity contribution >= 4 is 11.9 Å². The Kier molecular flexibility index (Phi) is 5.21. The molecular formula is C10H17NO5. The Bertz CT molecular complexity index is 250. The largest absolute Gasteiger partial charge is 0.468 e. The van der Waals surface area contributed by atoms with Gasteiger partial charge in [-0.25, -0.2) is 0 Å². The number of ether oxygens (including phenoxy) is 3. The fourth-order valence-corrected chi connectivity index (χ4v) is 1.40. The molecule has 1 aliphatic rings. The second-order valence-electron chi connectivity index (χ2n) is 3.36. The van der Waals surface area contributed by atoms with Gasteiger partial charge in [0.25, 0.3) is 5.91 Å². The van der Waals surface area contributed by atoms with Gasteiger partial charge in [-0.1, -0.05) is 0 Å². The third-order valence-corrected chi connectivity index (χ3v) is 2.33. The van der Waals surface area contributed by atoms with Crippen LogP contribution in [0.2, 0.25) is 0 Å². The van der Waals surface area contributed by atoms with Crippen molar-refractivity contribution in [2.45, 2.75) is 13.0 Å². The van der Waals surface area contributed by atoms with Crippen molar-refractivity contribution in [3.05, 3.63) is 0 Å². The van der Waals surface area contributed by atoms with Crippen LogP contribution in [0.1, 0.15) is 6.92 Å². The summed E-state index contributed by atoms with van der Waals surface area (Å²) in [5.41, 5.74) is 0. The van der Waals surface area contributed by atoms with E-state index < -0.39 is 12.1 Å². The lowest BCUT2D eigenvalue weighted by atomic mass is 10.3. The van der Waals surface area contributed by atoms with E-state index in [1.54, 1.807) is 6.92 Å². The molecule has 92 valence electrons. The minimum atomic E-state index is -0.599. The number of rotatable bonds is 4. The van der Waals surface area contributed by atoms with Crippen LogP contribution in [0, 0.1) is 0 Å². The molecule has 0 spiro atoms. The van der Waals surface area contributed by atoms with Gasteiger partial charge in [-0.3, -0.25) is 9.59 Å². The lowest BCUT2D eigenvalue weighted by Gasteiger charge is -2.27. The van der Waals surface area contributed by atoms with Crippen molar-refractivity contribution in [2.75, 3.05) is 40.0 Å². The van der Waals surface area contributed by atoms with Crippen LogP contribution in [0.3, 0.4) is 0 Å². The second-order valence-corrected chi connectivity index (χ2v) is 3.36. The quantitative estimate of drug-likeness (QED) is 0.606. The first-order valence-corrected chi connectivity index (χ1v) is 5.24. The molecule has 1 rings (SSSR count). The molecule has 6 nitrogen and oxygen atoms in total. The highest BCUT2D eigenvalue weighted by Gasteiger charge is 2.27. The molecule has 1 amide bonds. The monoisotopic (exact) mass is 231 g/mol. The van der Waals surface area contributed by atoms with E-state index >= 15 is 0 Å². The Labute approximate surface area is 94.4 Å². The van der Waals surface area contributed by atoms with E-state index in [0.29, 0.717) is 19.8 Å². The zero-order valence-corrected chi connectivity index (χ0v) is 9.60. The maximum Gasteiger partial charge on any atom is 0.325 e. The molecular weight excluding hydrogens is 214 g/mol. The van der Waals surface area contributed by atoms with Gasteiger partial charge in [-0.05, 0) is 6.92 Å². The average molecular weight is 231 g/mol. The zero-order chi connectivity index (χ0) is 12.0. The molecule has 1 unspecified atom stereocenters. The molecule has 0 aromatic rings. The van der Waals surface area contributed by atoms with E-state index in [2.05, 4.69) is 4.74 Å². The third-order valence-electron chi connectivity index (χ3n) is 2.33. The topological polar surface area (TPSA) is 65.1 Å². The summed E-state index contributed by atoms with van der Waals surface area (Å²) in [6.07, 6.45) is -0.599. The van der Waals surface area contributed by atoms with Gasteiger partial charge in [0.05, 0.1) is 26.9 Å². The number of carbonyl (C=O) groups is 2. The Morgan fingerprint density at radius 1 is 1.44 bits per heavy atom. The van der Waals surface area contributed by atoms with Crippen LogP contribution in [-0.2, 0) is 23.8 Å². The third kappa shape index (κ3) is 3.46. The predicted molar refractivity (Wildman–Crippen MR) is 54.8 cm³/mol. The van der Waals surface area contributed by atoms with Gasteiger partial charge in [-0.15, -0.1) is 0 Å². The van der Waals surface area contributed by atoms with Crippen molar-refractivity contribution in [2.24, 2.45) is 0 Å². The summed E-state index contributed by atoms with van der Waals surface area (Å²) < 4.78 is 14.9. The van der Waals surface area contributed by atoms with Gasteiger partial charge in [0, 0.05) is 6.54 Å². The van der Waals surface area contributed by atoms with E-state index in [0.717, 1.165) is 0 Å². The summed E-state index contributed by atoms with van der Waals surface area (Å²) >= 11 is 0. The van der Waals surface area contributed by atoms with Crippen molar-refractivity contribution in [1.82, 2.24) is 4.90 Å². The van der Waals surface area contributed by atoms with Crippen molar-refractivity contribution in [3.8, 4) is 0 Å². The molecule has 0 radical (unpaired) electrons. The first-order chi connectivity index (χ1) is 7.69. The van der Waals surface area contributed by atoms with E-state index in [9.17, 15) is 9.59 Å². The SMILES string of the molecule is CCN(CC(=O)OC)C(=O)C1COCCO1. The van der Waals surface area contributed by atoms with Crippen molar-refractivity contribution < 1.29 is 23.8 Å². The normalized spacial score (nSPS) is 20.2. The summed E-state index contributed by atoms with van der Waals surface area (Å²) in [5.74, 6) is -0.667. The van der Waals surface area contributed by atoms with Crippen LogP contribution in [0.25, 0.3) is 0 Å². The average Bonchev–Trinajstić information content (AvgIpc) is 2.35. The highest BCUT2D eigenvalue weighted by molar-refractivity contribution is 5.85. The maximum absolute atomic E-state index is 11.9. The first kappa shape index (κ1) is 12.9. The van der Waals surface area contributed by atoms with Crippen LogP contribution < -0.4 is 0 Å². The van der Waals surface area contributed by atoms with Crippen molar-refractivity contribution in [3.63, 3.8) is 0 Å². The van der Waals surface area contributed by atoms with E-state index in [1.807, 2.05) is 0 Å².